The number of aryl methyl sites for hydroxylation is 1. The lowest BCUT2D eigenvalue weighted by Gasteiger charge is -2.34. The maximum atomic E-state index is 13.1. The normalized spacial score (nSPS) is 14.8. The lowest BCUT2D eigenvalue weighted by Crippen LogP contribution is -2.48. The standard InChI is InChI=1S/C25H27N3O2S/c1-20-26-22(19-31-20)18-30-24-12-6-5-11-23(24)25(29)28-16-14-27(15-17-28)13-7-10-21-8-3-2-4-9-21/h2-12,19H,13-18H2,1H3/b10-7+. The van der Waals surface area contributed by atoms with Crippen LogP contribution >= 0.6 is 11.3 Å². The van der Waals surface area contributed by atoms with E-state index in [2.05, 4.69) is 34.2 Å². The zero-order valence-electron chi connectivity index (χ0n) is 17.7. The van der Waals surface area contributed by atoms with Crippen molar-refractivity contribution in [2.75, 3.05) is 32.7 Å². The van der Waals surface area contributed by atoms with Crippen LogP contribution in [0.1, 0.15) is 26.6 Å². The van der Waals surface area contributed by atoms with E-state index in [-0.39, 0.29) is 5.91 Å². The summed E-state index contributed by atoms with van der Waals surface area (Å²) in [7, 11) is 0. The Morgan fingerprint density at radius 2 is 1.81 bits per heavy atom. The fourth-order valence-electron chi connectivity index (χ4n) is 3.60. The van der Waals surface area contributed by atoms with E-state index in [9.17, 15) is 4.79 Å². The lowest BCUT2D eigenvalue weighted by molar-refractivity contribution is 0.0645. The van der Waals surface area contributed by atoms with E-state index in [4.69, 9.17) is 4.74 Å². The number of rotatable bonds is 7. The molecule has 1 aliphatic heterocycles. The average molecular weight is 434 g/mol. The van der Waals surface area contributed by atoms with Gasteiger partial charge in [-0.05, 0) is 24.6 Å². The molecule has 2 aromatic carbocycles. The Morgan fingerprint density at radius 3 is 2.55 bits per heavy atom. The molecule has 1 saturated heterocycles. The van der Waals surface area contributed by atoms with Crippen molar-refractivity contribution in [1.82, 2.24) is 14.8 Å². The number of hydrogen-bond acceptors (Lipinski definition) is 5. The summed E-state index contributed by atoms with van der Waals surface area (Å²) >= 11 is 1.60. The van der Waals surface area contributed by atoms with Crippen molar-refractivity contribution in [3.63, 3.8) is 0 Å². The molecule has 1 aromatic heterocycles. The molecule has 3 aromatic rings. The molecule has 0 atom stereocenters. The number of para-hydroxylation sites is 1. The van der Waals surface area contributed by atoms with Gasteiger partial charge in [0.05, 0.1) is 16.3 Å². The highest BCUT2D eigenvalue weighted by atomic mass is 32.1. The monoisotopic (exact) mass is 433 g/mol. The Kier molecular flexibility index (Phi) is 7.12. The average Bonchev–Trinajstić information content (AvgIpc) is 3.24. The van der Waals surface area contributed by atoms with E-state index in [0.29, 0.717) is 17.9 Å². The summed E-state index contributed by atoms with van der Waals surface area (Å²) in [6.07, 6.45) is 4.34. The first-order chi connectivity index (χ1) is 15.2. The maximum Gasteiger partial charge on any atom is 0.257 e. The van der Waals surface area contributed by atoms with Gasteiger partial charge < -0.3 is 9.64 Å². The zero-order valence-corrected chi connectivity index (χ0v) is 18.6. The number of piperazine rings is 1. The van der Waals surface area contributed by atoms with E-state index >= 15 is 0 Å². The van der Waals surface area contributed by atoms with E-state index < -0.39 is 0 Å². The topological polar surface area (TPSA) is 45.7 Å². The molecule has 4 rings (SSSR count). The van der Waals surface area contributed by atoms with Gasteiger partial charge in [-0.1, -0.05) is 54.6 Å². The first-order valence-electron chi connectivity index (χ1n) is 10.5. The highest BCUT2D eigenvalue weighted by Crippen LogP contribution is 2.22. The molecule has 0 bridgehead atoms. The summed E-state index contributed by atoms with van der Waals surface area (Å²) in [6, 6.07) is 17.8. The quantitative estimate of drug-likeness (QED) is 0.550. The predicted octanol–water partition coefficient (Wildman–Crippen LogP) is 4.50. The van der Waals surface area contributed by atoms with Crippen LogP contribution in [0.5, 0.6) is 5.75 Å². The largest absolute Gasteiger partial charge is 0.486 e. The van der Waals surface area contributed by atoms with Gasteiger partial charge >= 0.3 is 0 Å². The molecule has 0 saturated carbocycles. The van der Waals surface area contributed by atoms with Crippen molar-refractivity contribution >= 4 is 23.3 Å². The maximum absolute atomic E-state index is 13.1. The molecule has 0 aliphatic carbocycles. The number of carbonyl (C=O) groups excluding carboxylic acids is 1. The SMILES string of the molecule is Cc1nc(COc2ccccc2C(=O)N2CCN(C/C=C/c3ccccc3)CC2)cs1. The Hall–Kier alpha value is -2.96. The van der Waals surface area contributed by atoms with Crippen molar-refractivity contribution in [3.05, 3.63) is 87.9 Å². The lowest BCUT2D eigenvalue weighted by atomic mass is 10.1. The van der Waals surface area contributed by atoms with Gasteiger partial charge in [0, 0.05) is 38.1 Å². The molecular weight excluding hydrogens is 406 g/mol. The number of aromatic nitrogens is 1. The molecule has 5 nitrogen and oxygen atoms in total. The number of thiazole rings is 1. The van der Waals surface area contributed by atoms with Crippen molar-refractivity contribution in [1.29, 1.82) is 0 Å². The number of nitrogens with zero attached hydrogens (tertiary/aromatic N) is 3. The summed E-state index contributed by atoms with van der Waals surface area (Å²) in [6.45, 7) is 6.41. The Balaban J connectivity index is 1.31. The summed E-state index contributed by atoms with van der Waals surface area (Å²) in [4.78, 5) is 21.9. The summed E-state index contributed by atoms with van der Waals surface area (Å²) in [5.41, 5.74) is 2.72. The molecule has 1 fully saturated rings. The molecule has 160 valence electrons. The third-order valence-electron chi connectivity index (χ3n) is 5.29. The first-order valence-corrected chi connectivity index (χ1v) is 11.4. The van der Waals surface area contributed by atoms with Gasteiger partial charge in [0.1, 0.15) is 12.4 Å². The number of amides is 1. The Morgan fingerprint density at radius 1 is 1.06 bits per heavy atom. The van der Waals surface area contributed by atoms with Crippen LogP contribution in [0.2, 0.25) is 0 Å². The highest BCUT2D eigenvalue weighted by Gasteiger charge is 2.23. The summed E-state index contributed by atoms with van der Waals surface area (Å²) in [5, 5.41) is 3.00. The molecule has 0 spiro atoms. The van der Waals surface area contributed by atoms with Crippen LogP contribution in [0.15, 0.2) is 66.1 Å². The molecule has 6 heteroatoms. The van der Waals surface area contributed by atoms with E-state index in [0.717, 1.165) is 43.4 Å². The number of ether oxygens (including phenoxy) is 1. The van der Waals surface area contributed by atoms with Crippen LogP contribution in [0.3, 0.4) is 0 Å². The Bertz CT molecular complexity index is 1020. The minimum absolute atomic E-state index is 0.0320. The minimum Gasteiger partial charge on any atom is -0.486 e. The van der Waals surface area contributed by atoms with Crippen LogP contribution in [0.4, 0.5) is 0 Å². The van der Waals surface area contributed by atoms with Crippen molar-refractivity contribution in [2.45, 2.75) is 13.5 Å². The molecule has 0 radical (unpaired) electrons. The van der Waals surface area contributed by atoms with E-state index in [1.807, 2.05) is 59.7 Å². The smallest absolute Gasteiger partial charge is 0.257 e. The summed E-state index contributed by atoms with van der Waals surface area (Å²) in [5.74, 6) is 0.649. The summed E-state index contributed by atoms with van der Waals surface area (Å²) < 4.78 is 5.94. The van der Waals surface area contributed by atoms with Gasteiger partial charge in [-0.2, -0.15) is 0 Å². The fourth-order valence-corrected chi connectivity index (χ4v) is 4.20. The molecule has 1 aliphatic rings. The third-order valence-corrected chi connectivity index (χ3v) is 6.11. The van der Waals surface area contributed by atoms with Gasteiger partial charge in [0.25, 0.3) is 5.91 Å². The molecule has 31 heavy (non-hydrogen) atoms. The van der Waals surface area contributed by atoms with Crippen LogP contribution in [0.25, 0.3) is 6.08 Å². The molecule has 0 unspecified atom stereocenters. The third kappa shape index (κ3) is 5.81. The second-order valence-corrected chi connectivity index (χ2v) is 8.61. The van der Waals surface area contributed by atoms with Gasteiger partial charge in [0.15, 0.2) is 0 Å². The van der Waals surface area contributed by atoms with Crippen molar-refractivity contribution < 1.29 is 9.53 Å². The zero-order chi connectivity index (χ0) is 21.5. The molecular formula is C25H27N3O2S. The van der Waals surface area contributed by atoms with Gasteiger partial charge in [-0.15, -0.1) is 11.3 Å². The highest BCUT2D eigenvalue weighted by molar-refractivity contribution is 7.09. The predicted molar refractivity (Wildman–Crippen MR) is 125 cm³/mol. The fraction of sp³-hybridized carbons (Fsp3) is 0.280. The van der Waals surface area contributed by atoms with Crippen LogP contribution < -0.4 is 4.74 Å². The van der Waals surface area contributed by atoms with Gasteiger partial charge in [-0.3, -0.25) is 9.69 Å². The van der Waals surface area contributed by atoms with Crippen LogP contribution in [-0.2, 0) is 6.61 Å². The second kappa shape index (κ2) is 10.4. The number of carbonyl (C=O) groups is 1. The molecule has 2 heterocycles. The Labute approximate surface area is 187 Å². The number of hydrogen-bond donors (Lipinski definition) is 0. The molecule has 1 amide bonds. The minimum atomic E-state index is 0.0320. The molecule has 0 N–H and O–H groups in total. The van der Waals surface area contributed by atoms with Gasteiger partial charge in [-0.25, -0.2) is 4.98 Å². The van der Waals surface area contributed by atoms with Crippen LogP contribution in [-0.4, -0.2) is 53.4 Å². The number of benzene rings is 2. The van der Waals surface area contributed by atoms with Crippen molar-refractivity contribution in [3.8, 4) is 5.75 Å². The second-order valence-electron chi connectivity index (χ2n) is 7.55. The first kappa shape index (κ1) is 21.3. The van der Waals surface area contributed by atoms with Gasteiger partial charge in [0.2, 0.25) is 0 Å². The van der Waals surface area contributed by atoms with Crippen LogP contribution in [0, 0.1) is 6.92 Å². The van der Waals surface area contributed by atoms with E-state index in [1.54, 1.807) is 11.3 Å². The van der Waals surface area contributed by atoms with E-state index in [1.165, 1.54) is 5.56 Å². The van der Waals surface area contributed by atoms with Crippen molar-refractivity contribution in [2.24, 2.45) is 0 Å².